The molecule has 3 heteroatoms. The largest absolute Gasteiger partial charge is 0.481 e. The van der Waals surface area contributed by atoms with Crippen molar-refractivity contribution in [1.29, 1.82) is 0 Å². The van der Waals surface area contributed by atoms with Gasteiger partial charge >= 0.3 is 5.97 Å². The topological polar surface area (TPSA) is 49.3 Å². The van der Waals surface area contributed by atoms with E-state index in [0.717, 1.165) is 17.8 Å². The zero-order chi connectivity index (χ0) is 12.8. The molecule has 4 fully saturated rings. The summed E-state index contributed by atoms with van der Waals surface area (Å²) < 4.78 is 0. The van der Waals surface area contributed by atoms with Gasteiger partial charge in [-0.3, -0.25) is 4.79 Å². The standard InChI is InChI=1S/C15H25NO2/c1-10(16-3-2-14(17)18)15-7-11-4-12(8-15)6-13(5-11)9-15/h10-13,16H,2-9H2,1H3,(H,17,18). The van der Waals surface area contributed by atoms with Crippen LogP contribution in [0.3, 0.4) is 0 Å². The third kappa shape index (κ3) is 2.18. The number of aliphatic carboxylic acids is 1. The van der Waals surface area contributed by atoms with Gasteiger partial charge in [0.2, 0.25) is 0 Å². The molecule has 0 radical (unpaired) electrons. The smallest absolute Gasteiger partial charge is 0.304 e. The molecule has 2 N–H and O–H groups in total. The Morgan fingerprint density at radius 1 is 1.22 bits per heavy atom. The Labute approximate surface area is 109 Å². The summed E-state index contributed by atoms with van der Waals surface area (Å²) in [6.07, 6.45) is 8.83. The van der Waals surface area contributed by atoms with Gasteiger partial charge in [0, 0.05) is 12.6 Å². The van der Waals surface area contributed by atoms with Crippen molar-refractivity contribution >= 4 is 5.97 Å². The molecule has 0 aromatic heterocycles. The highest BCUT2D eigenvalue weighted by atomic mass is 16.4. The van der Waals surface area contributed by atoms with Crippen LogP contribution in [0.4, 0.5) is 0 Å². The van der Waals surface area contributed by atoms with Crippen LogP contribution in [0.2, 0.25) is 0 Å². The van der Waals surface area contributed by atoms with Gasteiger partial charge in [0.1, 0.15) is 0 Å². The van der Waals surface area contributed by atoms with Gasteiger partial charge in [0.25, 0.3) is 0 Å². The first kappa shape index (κ1) is 12.5. The Kier molecular flexibility index (Phi) is 3.13. The lowest BCUT2D eigenvalue weighted by Crippen LogP contribution is -2.55. The number of nitrogens with one attached hydrogen (secondary N) is 1. The maximum absolute atomic E-state index is 10.6. The van der Waals surface area contributed by atoms with Crippen molar-refractivity contribution in [3.05, 3.63) is 0 Å². The number of hydrogen-bond donors (Lipinski definition) is 2. The van der Waals surface area contributed by atoms with E-state index in [-0.39, 0.29) is 6.42 Å². The van der Waals surface area contributed by atoms with E-state index in [4.69, 9.17) is 5.11 Å². The molecule has 1 unspecified atom stereocenters. The maximum Gasteiger partial charge on any atom is 0.304 e. The molecule has 0 saturated heterocycles. The van der Waals surface area contributed by atoms with Gasteiger partial charge in [-0.25, -0.2) is 0 Å². The Morgan fingerprint density at radius 2 is 1.72 bits per heavy atom. The normalized spacial score (nSPS) is 43.1. The van der Waals surface area contributed by atoms with Crippen LogP contribution < -0.4 is 5.32 Å². The van der Waals surface area contributed by atoms with Gasteiger partial charge in [-0.15, -0.1) is 0 Å². The van der Waals surface area contributed by atoms with Crippen LogP contribution in [0.15, 0.2) is 0 Å². The molecule has 4 bridgehead atoms. The lowest BCUT2D eigenvalue weighted by atomic mass is 9.48. The van der Waals surface area contributed by atoms with Gasteiger partial charge in [-0.05, 0) is 68.6 Å². The lowest BCUT2D eigenvalue weighted by Gasteiger charge is -2.59. The van der Waals surface area contributed by atoms with Crippen molar-refractivity contribution in [1.82, 2.24) is 5.32 Å². The van der Waals surface area contributed by atoms with E-state index < -0.39 is 5.97 Å². The second kappa shape index (κ2) is 4.52. The minimum atomic E-state index is -0.694. The summed E-state index contributed by atoms with van der Waals surface area (Å²) >= 11 is 0. The van der Waals surface area contributed by atoms with Crippen molar-refractivity contribution < 1.29 is 9.90 Å². The van der Waals surface area contributed by atoms with Gasteiger partial charge in [0.05, 0.1) is 6.42 Å². The molecule has 102 valence electrons. The van der Waals surface area contributed by atoms with Crippen LogP contribution in [0, 0.1) is 23.2 Å². The molecular weight excluding hydrogens is 226 g/mol. The molecule has 4 rings (SSSR count). The van der Waals surface area contributed by atoms with E-state index >= 15 is 0 Å². The molecule has 0 spiro atoms. The number of rotatable bonds is 5. The second-order valence-electron chi connectivity index (χ2n) is 7.10. The van der Waals surface area contributed by atoms with E-state index in [1.807, 2.05) is 0 Å². The third-order valence-electron chi connectivity index (χ3n) is 5.79. The summed E-state index contributed by atoms with van der Waals surface area (Å²) in [6, 6.07) is 0.491. The first-order valence-corrected chi connectivity index (χ1v) is 7.52. The van der Waals surface area contributed by atoms with Crippen LogP contribution in [0.1, 0.15) is 51.9 Å². The van der Waals surface area contributed by atoms with Crippen LogP contribution >= 0.6 is 0 Å². The molecule has 3 nitrogen and oxygen atoms in total. The average Bonchev–Trinajstić information content (AvgIpc) is 2.26. The molecule has 0 aromatic rings. The summed E-state index contributed by atoms with van der Waals surface area (Å²) in [5.41, 5.74) is 0.493. The highest BCUT2D eigenvalue weighted by Gasteiger charge is 2.52. The van der Waals surface area contributed by atoms with E-state index in [1.54, 1.807) is 0 Å². The Bertz CT molecular complexity index is 304. The number of hydrogen-bond acceptors (Lipinski definition) is 2. The molecule has 18 heavy (non-hydrogen) atoms. The minimum Gasteiger partial charge on any atom is -0.481 e. The third-order valence-corrected chi connectivity index (χ3v) is 5.79. The molecule has 4 saturated carbocycles. The number of carbonyl (C=O) groups is 1. The van der Waals surface area contributed by atoms with Gasteiger partial charge in [-0.2, -0.15) is 0 Å². The summed E-state index contributed by atoms with van der Waals surface area (Å²) in [7, 11) is 0. The molecule has 1 atom stereocenters. The predicted molar refractivity (Wildman–Crippen MR) is 70.3 cm³/mol. The van der Waals surface area contributed by atoms with Crippen molar-refractivity contribution in [2.24, 2.45) is 23.2 Å². The minimum absolute atomic E-state index is 0.247. The van der Waals surface area contributed by atoms with Crippen LogP contribution in [-0.4, -0.2) is 23.7 Å². The van der Waals surface area contributed by atoms with E-state index in [9.17, 15) is 4.79 Å². The maximum atomic E-state index is 10.6. The molecular formula is C15H25NO2. The quantitative estimate of drug-likeness (QED) is 0.789. The lowest BCUT2D eigenvalue weighted by molar-refractivity contribution is -0.137. The average molecular weight is 251 g/mol. The van der Waals surface area contributed by atoms with Crippen LogP contribution in [-0.2, 0) is 4.79 Å². The molecule has 4 aliphatic rings. The van der Waals surface area contributed by atoms with Crippen molar-refractivity contribution in [3.8, 4) is 0 Å². The highest BCUT2D eigenvalue weighted by molar-refractivity contribution is 5.66. The fourth-order valence-electron chi connectivity index (χ4n) is 5.32. The fraction of sp³-hybridized carbons (Fsp3) is 0.933. The van der Waals surface area contributed by atoms with Crippen LogP contribution in [0.5, 0.6) is 0 Å². The van der Waals surface area contributed by atoms with Gasteiger partial charge in [-0.1, -0.05) is 0 Å². The Balaban J connectivity index is 1.62. The Hall–Kier alpha value is -0.570. The predicted octanol–water partition coefficient (Wildman–Crippen LogP) is 2.66. The Morgan fingerprint density at radius 3 is 2.17 bits per heavy atom. The van der Waals surface area contributed by atoms with Crippen molar-refractivity contribution in [3.63, 3.8) is 0 Å². The van der Waals surface area contributed by atoms with E-state index in [2.05, 4.69) is 12.2 Å². The summed E-state index contributed by atoms with van der Waals surface area (Å²) in [5.74, 6) is 2.22. The molecule has 0 aromatic carbocycles. The van der Waals surface area contributed by atoms with Crippen molar-refractivity contribution in [2.45, 2.75) is 57.9 Å². The zero-order valence-electron chi connectivity index (χ0n) is 11.3. The highest BCUT2D eigenvalue weighted by Crippen LogP contribution is 2.61. The fourth-order valence-corrected chi connectivity index (χ4v) is 5.32. The van der Waals surface area contributed by atoms with E-state index in [0.29, 0.717) is 18.0 Å². The molecule has 0 amide bonds. The monoisotopic (exact) mass is 251 g/mol. The zero-order valence-corrected chi connectivity index (χ0v) is 11.3. The molecule has 0 aliphatic heterocycles. The van der Waals surface area contributed by atoms with Crippen molar-refractivity contribution in [2.75, 3.05) is 6.54 Å². The number of carboxylic acid groups (broad SMARTS) is 1. The second-order valence-corrected chi connectivity index (χ2v) is 7.10. The summed E-state index contributed by atoms with van der Waals surface area (Å²) in [4.78, 5) is 10.6. The van der Waals surface area contributed by atoms with E-state index in [1.165, 1.54) is 38.5 Å². The van der Waals surface area contributed by atoms with Gasteiger partial charge in [0.15, 0.2) is 0 Å². The first-order valence-electron chi connectivity index (χ1n) is 7.52. The van der Waals surface area contributed by atoms with Gasteiger partial charge < -0.3 is 10.4 Å². The molecule has 4 aliphatic carbocycles. The van der Waals surface area contributed by atoms with Crippen LogP contribution in [0.25, 0.3) is 0 Å². The summed E-state index contributed by atoms with van der Waals surface area (Å²) in [6.45, 7) is 2.91. The number of carboxylic acids is 1. The first-order chi connectivity index (χ1) is 8.57. The SMILES string of the molecule is CC(NCCC(=O)O)C12CC3CC(CC(C3)C1)C2. The summed E-state index contributed by atoms with van der Waals surface area (Å²) in [5, 5.41) is 12.2. The molecule has 0 heterocycles.